The molecule has 1 aliphatic rings. The van der Waals surface area contributed by atoms with Gasteiger partial charge in [-0.25, -0.2) is 4.79 Å². The molecule has 1 rings (SSSR count). The van der Waals surface area contributed by atoms with Gasteiger partial charge >= 0.3 is 5.97 Å². The monoisotopic (exact) mass is 245 g/mol. The first-order chi connectivity index (χ1) is 7.52. The van der Waals surface area contributed by atoms with E-state index in [-0.39, 0.29) is 5.91 Å². The lowest BCUT2D eigenvalue weighted by Crippen LogP contribution is -2.48. The van der Waals surface area contributed by atoms with Gasteiger partial charge in [-0.3, -0.25) is 4.79 Å². The number of rotatable bonds is 4. The predicted octanol–water partition coefficient (Wildman–Crippen LogP) is 1.59. The molecule has 1 N–H and O–H groups in total. The molecule has 0 unspecified atom stereocenters. The van der Waals surface area contributed by atoms with Crippen LogP contribution in [0.5, 0.6) is 0 Å². The number of carboxylic acid groups (broad SMARTS) is 1. The van der Waals surface area contributed by atoms with Crippen molar-refractivity contribution < 1.29 is 14.7 Å². The van der Waals surface area contributed by atoms with Gasteiger partial charge in [-0.05, 0) is 24.5 Å². The summed E-state index contributed by atoms with van der Waals surface area (Å²) in [5.41, 5.74) is 0. The number of amides is 1. The molecule has 5 heteroatoms. The fourth-order valence-corrected chi connectivity index (χ4v) is 2.45. The van der Waals surface area contributed by atoms with E-state index in [4.69, 9.17) is 5.11 Å². The third kappa shape index (κ3) is 3.70. The van der Waals surface area contributed by atoms with Crippen molar-refractivity contribution in [1.82, 2.24) is 4.90 Å². The van der Waals surface area contributed by atoms with Crippen LogP contribution in [0, 0.1) is 0 Å². The summed E-state index contributed by atoms with van der Waals surface area (Å²) in [6.07, 6.45) is 2.41. The van der Waals surface area contributed by atoms with E-state index < -0.39 is 12.0 Å². The van der Waals surface area contributed by atoms with E-state index in [9.17, 15) is 9.59 Å². The Hall–Kier alpha value is -0.710. The lowest BCUT2D eigenvalue weighted by Gasteiger charge is -2.33. The minimum absolute atomic E-state index is 0.0363. The summed E-state index contributed by atoms with van der Waals surface area (Å²) in [5, 5.41) is 9.43. The van der Waals surface area contributed by atoms with Crippen LogP contribution in [0.2, 0.25) is 0 Å². The highest BCUT2D eigenvalue weighted by atomic mass is 32.2. The second-order valence-electron chi connectivity index (χ2n) is 4.30. The first kappa shape index (κ1) is 13.4. The van der Waals surface area contributed by atoms with Crippen LogP contribution in [-0.2, 0) is 9.59 Å². The Bertz CT molecular complexity index is 268. The van der Waals surface area contributed by atoms with Crippen LogP contribution in [-0.4, -0.2) is 45.5 Å². The molecular weight excluding hydrogens is 226 g/mol. The van der Waals surface area contributed by atoms with Crippen molar-refractivity contribution in [2.24, 2.45) is 0 Å². The van der Waals surface area contributed by atoms with Gasteiger partial charge < -0.3 is 10.0 Å². The molecule has 1 fully saturated rings. The molecule has 1 atom stereocenters. The summed E-state index contributed by atoms with van der Waals surface area (Å²) in [6.45, 7) is 4.65. The van der Waals surface area contributed by atoms with Crippen LogP contribution in [0.15, 0.2) is 0 Å². The summed E-state index contributed by atoms with van der Waals surface area (Å²) in [7, 11) is 0. The molecular formula is C11H19NO3S. The third-order valence-electron chi connectivity index (χ3n) is 2.65. The first-order valence-electron chi connectivity index (χ1n) is 5.66. The van der Waals surface area contributed by atoms with E-state index in [2.05, 4.69) is 0 Å². The van der Waals surface area contributed by atoms with E-state index in [1.54, 1.807) is 11.8 Å². The number of carboxylic acids is 1. The maximum absolute atomic E-state index is 11.9. The van der Waals surface area contributed by atoms with Gasteiger partial charge in [0.1, 0.15) is 6.04 Å². The van der Waals surface area contributed by atoms with E-state index >= 15 is 0 Å². The summed E-state index contributed by atoms with van der Waals surface area (Å²) in [5.74, 6) is -0.519. The van der Waals surface area contributed by atoms with Gasteiger partial charge in [0.2, 0.25) is 5.91 Å². The highest BCUT2D eigenvalue weighted by Gasteiger charge is 2.31. The van der Waals surface area contributed by atoms with Crippen molar-refractivity contribution in [3.05, 3.63) is 0 Å². The molecule has 92 valence electrons. The smallest absolute Gasteiger partial charge is 0.326 e. The molecule has 0 bridgehead atoms. The van der Waals surface area contributed by atoms with E-state index in [1.165, 1.54) is 4.90 Å². The molecule has 16 heavy (non-hydrogen) atoms. The molecule has 0 aromatic rings. The Morgan fingerprint density at radius 1 is 1.44 bits per heavy atom. The molecule has 1 saturated heterocycles. The Morgan fingerprint density at radius 3 is 2.69 bits per heavy atom. The zero-order chi connectivity index (χ0) is 12.1. The van der Waals surface area contributed by atoms with E-state index in [1.807, 2.05) is 13.8 Å². The molecule has 4 nitrogen and oxygen atoms in total. The summed E-state index contributed by atoms with van der Waals surface area (Å²) >= 11 is 1.56. The zero-order valence-electron chi connectivity index (χ0n) is 9.81. The highest BCUT2D eigenvalue weighted by molar-refractivity contribution is 8.00. The van der Waals surface area contributed by atoms with Crippen molar-refractivity contribution in [1.29, 1.82) is 0 Å². The number of carbonyl (C=O) groups excluding carboxylic acids is 1. The molecule has 1 heterocycles. The second kappa shape index (κ2) is 6.13. The molecule has 0 saturated carbocycles. The van der Waals surface area contributed by atoms with Crippen molar-refractivity contribution in [3.8, 4) is 0 Å². The number of piperidine rings is 1. The average molecular weight is 245 g/mol. The predicted molar refractivity (Wildman–Crippen MR) is 64.6 cm³/mol. The van der Waals surface area contributed by atoms with Gasteiger partial charge in [0.05, 0.1) is 5.75 Å². The summed E-state index contributed by atoms with van der Waals surface area (Å²) in [4.78, 5) is 24.4. The van der Waals surface area contributed by atoms with Gasteiger partial charge in [0, 0.05) is 6.54 Å². The molecule has 0 aromatic carbocycles. The zero-order valence-corrected chi connectivity index (χ0v) is 10.6. The number of likely N-dealkylation sites (tertiary alicyclic amines) is 1. The largest absolute Gasteiger partial charge is 0.480 e. The van der Waals surface area contributed by atoms with Crippen molar-refractivity contribution >= 4 is 23.6 Å². The molecule has 0 radical (unpaired) electrons. The fraction of sp³-hybridized carbons (Fsp3) is 0.818. The first-order valence-corrected chi connectivity index (χ1v) is 6.71. The van der Waals surface area contributed by atoms with Crippen molar-refractivity contribution in [2.45, 2.75) is 44.4 Å². The number of carbonyl (C=O) groups is 2. The number of nitrogens with zero attached hydrogens (tertiary/aromatic N) is 1. The van der Waals surface area contributed by atoms with Crippen LogP contribution >= 0.6 is 11.8 Å². The quantitative estimate of drug-likeness (QED) is 0.817. The van der Waals surface area contributed by atoms with Crippen LogP contribution in [0.1, 0.15) is 33.1 Å². The van der Waals surface area contributed by atoms with Crippen LogP contribution in [0.3, 0.4) is 0 Å². The number of thioether (sulfide) groups is 1. The standard InChI is InChI=1S/C11H19NO3S/c1-8(2)16-7-10(13)12-6-4-3-5-9(12)11(14)15/h8-9H,3-7H2,1-2H3,(H,14,15)/t9-/m1/s1. The number of hydrogen-bond donors (Lipinski definition) is 1. The van der Waals surface area contributed by atoms with Crippen LogP contribution < -0.4 is 0 Å². The minimum atomic E-state index is -0.873. The van der Waals surface area contributed by atoms with Crippen LogP contribution in [0.4, 0.5) is 0 Å². The Kier molecular flexibility index (Phi) is 5.12. The Balaban J connectivity index is 2.54. The minimum Gasteiger partial charge on any atom is -0.480 e. The fourth-order valence-electron chi connectivity index (χ4n) is 1.81. The summed E-state index contributed by atoms with van der Waals surface area (Å²) < 4.78 is 0. The van der Waals surface area contributed by atoms with Crippen LogP contribution in [0.25, 0.3) is 0 Å². The van der Waals surface area contributed by atoms with Crippen molar-refractivity contribution in [3.63, 3.8) is 0 Å². The van der Waals surface area contributed by atoms with Crippen molar-refractivity contribution in [2.75, 3.05) is 12.3 Å². The molecule has 0 aliphatic carbocycles. The van der Waals surface area contributed by atoms with Gasteiger partial charge in [-0.15, -0.1) is 11.8 Å². The highest BCUT2D eigenvalue weighted by Crippen LogP contribution is 2.19. The van der Waals surface area contributed by atoms with Gasteiger partial charge in [-0.1, -0.05) is 13.8 Å². The van der Waals surface area contributed by atoms with E-state index in [0.717, 1.165) is 12.8 Å². The normalized spacial score (nSPS) is 21.2. The Labute approximate surface area is 100 Å². The third-order valence-corrected chi connectivity index (χ3v) is 3.73. The molecule has 0 spiro atoms. The average Bonchev–Trinajstić information content (AvgIpc) is 2.25. The SMILES string of the molecule is CC(C)SCC(=O)N1CCCC[C@@H]1C(=O)O. The molecule has 1 aliphatic heterocycles. The number of aliphatic carboxylic acids is 1. The molecule has 1 amide bonds. The maximum atomic E-state index is 11.9. The number of hydrogen-bond acceptors (Lipinski definition) is 3. The topological polar surface area (TPSA) is 57.6 Å². The second-order valence-corrected chi connectivity index (χ2v) is 5.86. The molecule has 0 aromatic heterocycles. The maximum Gasteiger partial charge on any atom is 0.326 e. The summed E-state index contributed by atoms with van der Waals surface area (Å²) in [6, 6.07) is -0.603. The van der Waals surface area contributed by atoms with Gasteiger partial charge in [0.15, 0.2) is 0 Å². The van der Waals surface area contributed by atoms with Gasteiger partial charge in [0.25, 0.3) is 0 Å². The lowest BCUT2D eigenvalue weighted by molar-refractivity contribution is -0.150. The van der Waals surface area contributed by atoms with Gasteiger partial charge in [-0.2, -0.15) is 0 Å². The lowest BCUT2D eigenvalue weighted by atomic mass is 10.0. The Morgan fingerprint density at radius 2 is 2.12 bits per heavy atom. The van der Waals surface area contributed by atoms with E-state index in [0.29, 0.717) is 24.0 Å².